The molecular weight excluding hydrogens is 541 g/mol. The molecule has 212 valence electrons. The second-order valence-corrected chi connectivity index (χ2v) is 9.31. The lowest BCUT2D eigenvalue weighted by Crippen LogP contribution is -2.45. The van der Waals surface area contributed by atoms with Crippen LogP contribution >= 0.6 is 0 Å². The number of alkyl halides is 3. The minimum absolute atomic E-state index is 0.0806. The Bertz CT molecular complexity index is 1570. The molecule has 2 aromatic carbocycles. The van der Waals surface area contributed by atoms with Crippen LogP contribution in [-0.2, 0) is 16.1 Å². The number of nitrogens with zero attached hydrogens (tertiary/aromatic N) is 2. The van der Waals surface area contributed by atoms with E-state index in [2.05, 4.69) is 15.4 Å². The highest BCUT2D eigenvalue weighted by atomic mass is 19.4. The minimum Gasteiger partial charge on any atom is -0.456 e. The number of ether oxygens (including phenoxy) is 2. The van der Waals surface area contributed by atoms with Crippen molar-refractivity contribution in [3.8, 4) is 5.75 Å². The van der Waals surface area contributed by atoms with Crippen molar-refractivity contribution in [3.05, 3.63) is 96.3 Å². The molecule has 3 amide bonds. The van der Waals surface area contributed by atoms with Crippen LogP contribution < -0.4 is 15.4 Å². The molecule has 0 saturated carbocycles. The Morgan fingerprint density at radius 2 is 1.71 bits per heavy atom. The molecule has 1 saturated heterocycles. The molecule has 3 heterocycles. The van der Waals surface area contributed by atoms with Crippen LogP contribution in [0, 0.1) is 0 Å². The number of pyridine rings is 1. The number of fused-ring (bicyclic) bond motifs is 1. The van der Waals surface area contributed by atoms with E-state index in [-0.39, 0.29) is 18.0 Å². The largest absolute Gasteiger partial charge is 0.573 e. The molecule has 0 spiro atoms. The normalized spacial score (nSPS) is 15.0. The molecule has 1 aliphatic rings. The summed E-state index contributed by atoms with van der Waals surface area (Å²) in [5.74, 6) is -1.60. The Balaban J connectivity index is 1.28. The van der Waals surface area contributed by atoms with Gasteiger partial charge in [0.1, 0.15) is 24.1 Å². The summed E-state index contributed by atoms with van der Waals surface area (Å²) in [5.41, 5.74) is 2.04. The predicted molar refractivity (Wildman–Crippen MR) is 143 cm³/mol. The Labute approximate surface area is 232 Å². The standard InChI is InChI=1S/C29H25F3N4O5/c30-29(31,32)41-21-11-6-10-20(16-21)33-26(37)24-13-7-15-36(24)28(39)34-22-17-25(35-14-5-4-12-23(22)35)27(38)40-18-19-8-2-1-3-9-19/h1-6,8-12,14,16-17,24H,7,13,15,18H2,(H,33,37)(H,34,39)/t24-/m0/s1. The van der Waals surface area contributed by atoms with Crippen LogP contribution in [0.15, 0.2) is 85.1 Å². The van der Waals surface area contributed by atoms with Crippen molar-refractivity contribution in [2.75, 3.05) is 17.2 Å². The number of benzene rings is 2. The number of nitrogens with one attached hydrogen (secondary N) is 2. The SMILES string of the molecule is O=C(OCc1ccccc1)c1cc(NC(=O)N2CCC[C@H]2C(=O)Nc2cccc(OC(F)(F)F)c2)c2ccccn12. The second kappa shape index (κ2) is 11.6. The van der Waals surface area contributed by atoms with Crippen LogP contribution in [0.4, 0.5) is 29.3 Å². The first-order valence-corrected chi connectivity index (χ1v) is 12.7. The van der Waals surface area contributed by atoms with E-state index in [1.165, 1.54) is 23.1 Å². The summed E-state index contributed by atoms with van der Waals surface area (Å²) >= 11 is 0. The molecule has 1 aliphatic heterocycles. The third-order valence-corrected chi connectivity index (χ3v) is 6.49. The van der Waals surface area contributed by atoms with E-state index in [1.807, 2.05) is 30.3 Å². The number of esters is 1. The molecule has 5 rings (SSSR count). The zero-order valence-corrected chi connectivity index (χ0v) is 21.6. The van der Waals surface area contributed by atoms with Crippen LogP contribution in [-0.4, -0.2) is 46.2 Å². The highest BCUT2D eigenvalue weighted by Crippen LogP contribution is 2.28. The van der Waals surface area contributed by atoms with Crippen molar-refractivity contribution in [1.82, 2.24) is 9.30 Å². The van der Waals surface area contributed by atoms with Gasteiger partial charge in [0.15, 0.2) is 0 Å². The highest BCUT2D eigenvalue weighted by Gasteiger charge is 2.35. The van der Waals surface area contributed by atoms with E-state index < -0.39 is 36.1 Å². The molecule has 1 atom stereocenters. The molecule has 9 nitrogen and oxygen atoms in total. The summed E-state index contributed by atoms with van der Waals surface area (Å²) in [6.45, 7) is 0.371. The van der Waals surface area contributed by atoms with Crippen LogP contribution in [0.1, 0.15) is 28.9 Å². The zero-order chi connectivity index (χ0) is 29.0. The van der Waals surface area contributed by atoms with E-state index in [0.29, 0.717) is 30.6 Å². The van der Waals surface area contributed by atoms with Crippen molar-refractivity contribution in [2.45, 2.75) is 31.9 Å². The van der Waals surface area contributed by atoms with Gasteiger partial charge in [0, 0.05) is 24.5 Å². The molecule has 2 N–H and O–H groups in total. The first-order valence-electron chi connectivity index (χ1n) is 12.7. The van der Waals surface area contributed by atoms with Crippen LogP contribution in [0.5, 0.6) is 5.75 Å². The monoisotopic (exact) mass is 566 g/mol. The molecule has 4 aromatic rings. The van der Waals surface area contributed by atoms with Crippen molar-refractivity contribution in [2.24, 2.45) is 0 Å². The summed E-state index contributed by atoms with van der Waals surface area (Å²) in [7, 11) is 0. The smallest absolute Gasteiger partial charge is 0.456 e. The second-order valence-electron chi connectivity index (χ2n) is 9.31. The lowest BCUT2D eigenvalue weighted by Gasteiger charge is -2.24. The lowest BCUT2D eigenvalue weighted by molar-refractivity contribution is -0.274. The number of hydrogen-bond donors (Lipinski definition) is 2. The molecule has 0 unspecified atom stereocenters. The van der Waals surface area contributed by atoms with Gasteiger partial charge in [-0.15, -0.1) is 13.2 Å². The van der Waals surface area contributed by atoms with Gasteiger partial charge in [-0.25, -0.2) is 9.59 Å². The van der Waals surface area contributed by atoms with Crippen molar-refractivity contribution < 1.29 is 37.0 Å². The Hall–Kier alpha value is -5.00. The molecule has 41 heavy (non-hydrogen) atoms. The average molecular weight is 567 g/mol. The van der Waals surface area contributed by atoms with Crippen LogP contribution in [0.2, 0.25) is 0 Å². The Morgan fingerprint density at radius 3 is 2.49 bits per heavy atom. The van der Waals surface area contributed by atoms with Gasteiger partial charge in [-0.3, -0.25) is 4.79 Å². The van der Waals surface area contributed by atoms with E-state index in [4.69, 9.17) is 4.74 Å². The number of urea groups is 1. The summed E-state index contributed by atoms with van der Waals surface area (Å²) in [5, 5.41) is 5.35. The Morgan fingerprint density at radius 1 is 0.927 bits per heavy atom. The number of hydrogen-bond acceptors (Lipinski definition) is 5. The number of carbonyl (C=O) groups excluding carboxylic acids is 3. The number of aromatic nitrogens is 1. The zero-order valence-electron chi connectivity index (χ0n) is 21.6. The maximum absolute atomic E-state index is 13.3. The van der Waals surface area contributed by atoms with Crippen molar-refractivity contribution >= 4 is 34.8 Å². The quantitative estimate of drug-likeness (QED) is 0.274. The first-order chi connectivity index (χ1) is 19.7. The van der Waals surface area contributed by atoms with E-state index >= 15 is 0 Å². The van der Waals surface area contributed by atoms with E-state index in [1.54, 1.807) is 28.8 Å². The molecule has 0 bridgehead atoms. The fraction of sp³-hybridized carbons (Fsp3) is 0.207. The highest BCUT2D eigenvalue weighted by molar-refractivity contribution is 6.02. The molecular formula is C29H25F3N4O5. The molecule has 0 radical (unpaired) electrons. The van der Waals surface area contributed by atoms with Gasteiger partial charge in [-0.2, -0.15) is 0 Å². The minimum atomic E-state index is -4.87. The summed E-state index contributed by atoms with van der Waals surface area (Å²) in [6.07, 6.45) is -2.28. The van der Waals surface area contributed by atoms with Crippen molar-refractivity contribution in [3.63, 3.8) is 0 Å². The van der Waals surface area contributed by atoms with Gasteiger partial charge in [0.25, 0.3) is 0 Å². The van der Waals surface area contributed by atoms with Crippen molar-refractivity contribution in [1.29, 1.82) is 0 Å². The lowest BCUT2D eigenvalue weighted by atomic mass is 10.2. The summed E-state index contributed by atoms with van der Waals surface area (Å²) in [4.78, 5) is 40.6. The molecule has 1 fully saturated rings. The maximum Gasteiger partial charge on any atom is 0.573 e. The van der Waals surface area contributed by atoms with Gasteiger partial charge >= 0.3 is 18.4 Å². The van der Waals surface area contributed by atoms with E-state index in [0.717, 1.165) is 17.7 Å². The molecule has 2 aromatic heterocycles. The number of carbonyl (C=O) groups is 3. The average Bonchev–Trinajstić information content (AvgIpc) is 3.58. The van der Waals surface area contributed by atoms with Gasteiger partial charge < -0.3 is 29.4 Å². The first kappa shape index (κ1) is 27.6. The summed E-state index contributed by atoms with van der Waals surface area (Å²) < 4.78 is 48.7. The topological polar surface area (TPSA) is 101 Å². The third-order valence-electron chi connectivity index (χ3n) is 6.49. The van der Waals surface area contributed by atoms with Gasteiger partial charge in [-0.05, 0) is 48.7 Å². The fourth-order valence-corrected chi connectivity index (χ4v) is 4.67. The predicted octanol–water partition coefficient (Wildman–Crippen LogP) is 5.83. The fourth-order valence-electron chi connectivity index (χ4n) is 4.67. The Kier molecular flexibility index (Phi) is 7.81. The van der Waals surface area contributed by atoms with E-state index in [9.17, 15) is 27.6 Å². The van der Waals surface area contributed by atoms with Gasteiger partial charge in [-0.1, -0.05) is 42.5 Å². The third kappa shape index (κ3) is 6.60. The molecule has 12 heteroatoms. The van der Waals surface area contributed by atoms with Crippen LogP contribution in [0.3, 0.4) is 0 Å². The maximum atomic E-state index is 13.3. The number of halogens is 3. The number of likely N-dealkylation sites (tertiary alicyclic amines) is 1. The van der Waals surface area contributed by atoms with Gasteiger partial charge in [0.2, 0.25) is 5.91 Å². The number of amides is 3. The number of rotatable bonds is 7. The van der Waals surface area contributed by atoms with Crippen LogP contribution in [0.25, 0.3) is 5.52 Å². The molecule has 0 aliphatic carbocycles. The van der Waals surface area contributed by atoms with Gasteiger partial charge in [0.05, 0.1) is 11.2 Å². The summed E-state index contributed by atoms with van der Waals surface area (Å²) in [6, 6.07) is 19.5. The number of anilines is 2.